The van der Waals surface area contributed by atoms with Crippen molar-refractivity contribution >= 4 is 45.0 Å². The smallest absolute Gasteiger partial charge is 0.261 e. The predicted molar refractivity (Wildman–Crippen MR) is 104 cm³/mol. The van der Waals surface area contributed by atoms with Gasteiger partial charge >= 0.3 is 0 Å². The van der Waals surface area contributed by atoms with Crippen molar-refractivity contribution in [1.29, 1.82) is 0 Å². The Balaban J connectivity index is 1.53. The topological polar surface area (TPSA) is 57.7 Å². The molecule has 5 nitrogen and oxygen atoms in total. The highest BCUT2D eigenvalue weighted by Crippen LogP contribution is 2.26. The molecule has 1 aromatic heterocycles. The number of nitrogens with zero attached hydrogens (tertiary/aromatic N) is 2. The Bertz CT molecular complexity index is 877. The molecule has 0 fully saturated rings. The maximum atomic E-state index is 12.4. The van der Waals surface area contributed by atoms with Crippen LogP contribution in [0, 0.1) is 6.92 Å². The summed E-state index contributed by atoms with van der Waals surface area (Å²) in [5, 5.41) is 2.02. The largest absolute Gasteiger partial charge is 0.341 e. The van der Waals surface area contributed by atoms with Crippen molar-refractivity contribution < 1.29 is 14.4 Å². The lowest BCUT2D eigenvalue weighted by molar-refractivity contribution is -0.130. The van der Waals surface area contributed by atoms with E-state index in [0.717, 1.165) is 4.47 Å². The van der Waals surface area contributed by atoms with E-state index in [9.17, 15) is 14.4 Å². The molecule has 0 bridgehead atoms. The van der Waals surface area contributed by atoms with Gasteiger partial charge in [0.1, 0.15) is 0 Å². The minimum Gasteiger partial charge on any atom is -0.341 e. The van der Waals surface area contributed by atoms with Gasteiger partial charge in [0.2, 0.25) is 5.91 Å². The summed E-state index contributed by atoms with van der Waals surface area (Å²) < 4.78 is 0.764. The molecule has 136 valence electrons. The first-order valence-electron chi connectivity index (χ1n) is 8.31. The molecule has 1 aliphatic rings. The number of thiophene rings is 1. The zero-order valence-corrected chi connectivity index (χ0v) is 17.0. The normalized spacial score (nSPS) is 13.3. The number of benzene rings is 1. The fourth-order valence-electron chi connectivity index (χ4n) is 2.91. The van der Waals surface area contributed by atoms with Crippen molar-refractivity contribution in [1.82, 2.24) is 9.80 Å². The van der Waals surface area contributed by atoms with Gasteiger partial charge in [0.25, 0.3) is 11.8 Å². The summed E-state index contributed by atoms with van der Waals surface area (Å²) in [6, 6.07) is 7.11. The number of fused-ring (bicyclic) bond motifs is 1. The average Bonchev–Trinajstić information content (AvgIpc) is 3.11. The summed E-state index contributed by atoms with van der Waals surface area (Å²) in [7, 11) is 1.78. The Morgan fingerprint density at radius 1 is 1.19 bits per heavy atom. The number of imide groups is 1. The number of carbonyl (C=O) groups is 3. The van der Waals surface area contributed by atoms with Crippen molar-refractivity contribution in [2.45, 2.75) is 26.3 Å². The van der Waals surface area contributed by atoms with E-state index in [0.29, 0.717) is 30.5 Å². The Morgan fingerprint density at radius 2 is 1.92 bits per heavy atom. The predicted octanol–water partition coefficient (Wildman–Crippen LogP) is 3.85. The van der Waals surface area contributed by atoms with Crippen LogP contribution in [0.4, 0.5) is 0 Å². The SMILES string of the molecule is Cc1ccsc1CN(C)C(=O)CCCN1C(=O)c2ccc(Br)cc2C1=O. The third kappa shape index (κ3) is 3.73. The van der Waals surface area contributed by atoms with Crippen LogP contribution < -0.4 is 0 Å². The second kappa shape index (κ2) is 7.72. The van der Waals surface area contributed by atoms with E-state index >= 15 is 0 Å². The van der Waals surface area contributed by atoms with Crippen molar-refractivity contribution in [3.05, 3.63) is 55.7 Å². The van der Waals surface area contributed by atoms with Gasteiger partial charge in [-0.2, -0.15) is 0 Å². The molecule has 3 amide bonds. The van der Waals surface area contributed by atoms with Crippen LogP contribution in [0.2, 0.25) is 0 Å². The molecule has 0 spiro atoms. The third-order valence-electron chi connectivity index (χ3n) is 4.48. The summed E-state index contributed by atoms with van der Waals surface area (Å²) >= 11 is 4.96. The Morgan fingerprint density at radius 3 is 2.62 bits per heavy atom. The molecule has 26 heavy (non-hydrogen) atoms. The van der Waals surface area contributed by atoms with Crippen molar-refractivity contribution in [3.8, 4) is 0 Å². The molecule has 7 heteroatoms. The van der Waals surface area contributed by atoms with Crippen LogP contribution in [0.1, 0.15) is 44.0 Å². The van der Waals surface area contributed by atoms with E-state index in [1.165, 1.54) is 15.3 Å². The number of amides is 3. The molecule has 0 aliphatic carbocycles. The summed E-state index contributed by atoms with van der Waals surface area (Å²) in [6.07, 6.45) is 0.761. The highest BCUT2D eigenvalue weighted by molar-refractivity contribution is 9.10. The fourth-order valence-corrected chi connectivity index (χ4v) is 4.23. The van der Waals surface area contributed by atoms with Gasteiger partial charge in [-0.1, -0.05) is 15.9 Å². The second-order valence-corrected chi connectivity index (χ2v) is 8.25. The van der Waals surface area contributed by atoms with E-state index < -0.39 is 0 Å². The molecule has 2 heterocycles. The number of hydrogen-bond acceptors (Lipinski definition) is 4. The lowest BCUT2D eigenvalue weighted by Gasteiger charge is -2.18. The highest BCUT2D eigenvalue weighted by atomic mass is 79.9. The van der Waals surface area contributed by atoms with Crippen LogP contribution in [-0.4, -0.2) is 41.1 Å². The molecule has 0 atom stereocenters. The fraction of sp³-hybridized carbons (Fsp3) is 0.316. The van der Waals surface area contributed by atoms with Crippen LogP contribution in [0.25, 0.3) is 0 Å². The van der Waals surface area contributed by atoms with Gasteiger partial charge in [0.05, 0.1) is 17.7 Å². The minimum absolute atomic E-state index is 0.0113. The number of carbonyl (C=O) groups excluding carboxylic acids is 3. The van der Waals surface area contributed by atoms with E-state index in [1.807, 2.05) is 18.4 Å². The van der Waals surface area contributed by atoms with Gasteiger partial charge in [-0.25, -0.2) is 0 Å². The standard InChI is InChI=1S/C19H19BrN2O3S/c1-12-7-9-26-16(12)11-21(2)17(23)4-3-8-22-18(24)14-6-5-13(20)10-15(14)19(22)25/h5-7,9-10H,3-4,8,11H2,1-2H3. The van der Waals surface area contributed by atoms with Crippen molar-refractivity contribution in [2.75, 3.05) is 13.6 Å². The monoisotopic (exact) mass is 434 g/mol. The Labute approximate surface area is 164 Å². The zero-order valence-electron chi connectivity index (χ0n) is 14.6. The van der Waals surface area contributed by atoms with Crippen LogP contribution >= 0.6 is 27.3 Å². The van der Waals surface area contributed by atoms with E-state index in [1.54, 1.807) is 41.5 Å². The van der Waals surface area contributed by atoms with E-state index in [2.05, 4.69) is 15.9 Å². The third-order valence-corrected chi connectivity index (χ3v) is 5.98. The average molecular weight is 435 g/mol. The first-order chi connectivity index (χ1) is 12.4. The van der Waals surface area contributed by atoms with Crippen LogP contribution in [0.3, 0.4) is 0 Å². The number of hydrogen-bond donors (Lipinski definition) is 0. The van der Waals surface area contributed by atoms with E-state index in [4.69, 9.17) is 0 Å². The number of aryl methyl sites for hydroxylation is 1. The first-order valence-corrected chi connectivity index (χ1v) is 9.98. The molecule has 1 aromatic carbocycles. The minimum atomic E-state index is -0.290. The van der Waals surface area contributed by atoms with Gasteiger partial charge in [-0.15, -0.1) is 11.3 Å². The Kier molecular flexibility index (Phi) is 5.58. The van der Waals surface area contributed by atoms with Crippen LogP contribution in [-0.2, 0) is 11.3 Å². The quantitative estimate of drug-likeness (QED) is 0.648. The summed E-state index contributed by atoms with van der Waals surface area (Å²) in [6.45, 7) is 2.87. The molecule has 1 aliphatic heterocycles. The molecule has 0 radical (unpaired) electrons. The van der Waals surface area contributed by atoms with Gasteiger partial charge in [0.15, 0.2) is 0 Å². The van der Waals surface area contributed by atoms with Crippen molar-refractivity contribution in [2.24, 2.45) is 0 Å². The summed E-state index contributed by atoms with van der Waals surface area (Å²) in [4.78, 5) is 41.2. The molecular formula is C19H19BrN2O3S. The lowest BCUT2D eigenvalue weighted by Crippen LogP contribution is -2.32. The molecule has 2 aromatic rings. The Hall–Kier alpha value is -1.99. The second-order valence-electron chi connectivity index (χ2n) is 6.33. The molecule has 0 saturated carbocycles. The molecule has 3 rings (SSSR count). The highest BCUT2D eigenvalue weighted by Gasteiger charge is 2.35. The molecule has 0 unspecified atom stereocenters. The zero-order chi connectivity index (χ0) is 18.8. The van der Waals surface area contributed by atoms with E-state index in [-0.39, 0.29) is 24.3 Å². The number of rotatable bonds is 6. The molecular weight excluding hydrogens is 416 g/mol. The lowest BCUT2D eigenvalue weighted by atomic mass is 10.1. The maximum absolute atomic E-state index is 12.4. The van der Waals surface area contributed by atoms with Gasteiger partial charge < -0.3 is 4.90 Å². The number of halogens is 1. The van der Waals surface area contributed by atoms with Crippen molar-refractivity contribution in [3.63, 3.8) is 0 Å². The summed E-state index contributed by atoms with van der Waals surface area (Å²) in [5.41, 5.74) is 2.03. The summed E-state index contributed by atoms with van der Waals surface area (Å²) in [5.74, 6) is -0.564. The van der Waals surface area contributed by atoms with Crippen LogP contribution in [0.15, 0.2) is 34.1 Å². The maximum Gasteiger partial charge on any atom is 0.261 e. The van der Waals surface area contributed by atoms with Gasteiger partial charge in [-0.05, 0) is 48.6 Å². The van der Waals surface area contributed by atoms with Gasteiger partial charge in [0, 0.05) is 29.4 Å². The first kappa shape index (κ1) is 18.8. The molecule has 0 N–H and O–H groups in total. The van der Waals surface area contributed by atoms with Gasteiger partial charge in [-0.3, -0.25) is 19.3 Å². The van der Waals surface area contributed by atoms with Crippen LogP contribution in [0.5, 0.6) is 0 Å². The molecule has 0 saturated heterocycles.